The van der Waals surface area contributed by atoms with Crippen molar-refractivity contribution in [3.05, 3.63) is 16.1 Å². The summed E-state index contributed by atoms with van der Waals surface area (Å²) in [6.07, 6.45) is 0. The second-order valence-electron chi connectivity index (χ2n) is 2.53. The molecule has 1 N–H and O–H groups in total. The maximum absolute atomic E-state index is 10.5. The van der Waals surface area contributed by atoms with Crippen molar-refractivity contribution in [2.75, 3.05) is 0 Å². The summed E-state index contributed by atoms with van der Waals surface area (Å²) in [6, 6.07) is 0. The zero-order valence-corrected chi connectivity index (χ0v) is 7.18. The van der Waals surface area contributed by atoms with E-state index >= 15 is 0 Å². The predicted molar refractivity (Wildman–Crippen MR) is 43.2 cm³/mol. The molecule has 0 atom stereocenters. The lowest BCUT2D eigenvalue weighted by Crippen LogP contribution is -2.01. The molecule has 0 aliphatic heterocycles. The van der Waals surface area contributed by atoms with E-state index in [-0.39, 0.29) is 11.6 Å². The van der Waals surface area contributed by atoms with E-state index in [1.54, 1.807) is 5.51 Å². The van der Waals surface area contributed by atoms with Gasteiger partial charge in [-0.1, -0.05) is 13.8 Å². The lowest BCUT2D eigenvalue weighted by molar-refractivity contribution is 0.0690. The maximum atomic E-state index is 10.5. The molecule has 4 heteroatoms. The Morgan fingerprint density at radius 3 is 2.73 bits per heavy atom. The van der Waals surface area contributed by atoms with Crippen LogP contribution in [0.3, 0.4) is 0 Å². The van der Waals surface area contributed by atoms with Crippen LogP contribution in [0.15, 0.2) is 5.51 Å². The standard InChI is InChI=1S/C7H9NO2S/c1-4(2)6-5(7(9)10)8-3-11-6/h3-4H,1-2H3,(H,9,10). The van der Waals surface area contributed by atoms with Gasteiger partial charge in [-0.3, -0.25) is 0 Å². The highest BCUT2D eigenvalue weighted by atomic mass is 32.1. The minimum absolute atomic E-state index is 0.199. The topological polar surface area (TPSA) is 50.2 Å². The first-order valence-electron chi connectivity index (χ1n) is 3.29. The molecule has 1 aromatic heterocycles. The highest BCUT2D eigenvalue weighted by molar-refractivity contribution is 7.10. The quantitative estimate of drug-likeness (QED) is 0.740. The third kappa shape index (κ3) is 1.57. The molecule has 1 rings (SSSR count). The number of aromatic nitrogens is 1. The zero-order valence-electron chi connectivity index (χ0n) is 6.37. The second-order valence-corrected chi connectivity index (χ2v) is 3.41. The van der Waals surface area contributed by atoms with Crippen LogP contribution in [0.1, 0.15) is 35.1 Å². The number of hydrogen-bond donors (Lipinski definition) is 1. The summed E-state index contributed by atoms with van der Waals surface area (Å²) in [7, 11) is 0. The third-order valence-corrected chi connectivity index (χ3v) is 2.45. The van der Waals surface area contributed by atoms with E-state index in [1.807, 2.05) is 13.8 Å². The van der Waals surface area contributed by atoms with Gasteiger partial charge in [0.25, 0.3) is 0 Å². The van der Waals surface area contributed by atoms with Crippen molar-refractivity contribution in [3.8, 4) is 0 Å². The van der Waals surface area contributed by atoms with Gasteiger partial charge in [0.2, 0.25) is 0 Å². The first kappa shape index (κ1) is 8.20. The van der Waals surface area contributed by atoms with E-state index in [2.05, 4.69) is 4.98 Å². The smallest absolute Gasteiger partial charge is 0.355 e. The molecule has 1 aromatic rings. The van der Waals surface area contributed by atoms with Gasteiger partial charge in [0.15, 0.2) is 5.69 Å². The van der Waals surface area contributed by atoms with Crippen molar-refractivity contribution >= 4 is 17.3 Å². The van der Waals surface area contributed by atoms with Crippen LogP contribution < -0.4 is 0 Å². The molecular formula is C7H9NO2S. The van der Waals surface area contributed by atoms with Gasteiger partial charge in [-0.05, 0) is 5.92 Å². The van der Waals surface area contributed by atoms with Crippen molar-refractivity contribution in [1.82, 2.24) is 4.98 Å². The molecule has 0 radical (unpaired) electrons. The van der Waals surface area contributed by atoms with Gasteiger partial charge in [-0.25, -0.2) is 9.78 Å². The Morgan fingerprint density at radius 1 is 1.73 bits per heavy atom. The SMILES string of the molecule is CC(C)c1scnc1C(=O)O. The minimum Gasteiger partial charge on any atom is -0.476 e. The lowest BCUT2D eigenvalue weighted by atomic mass is 10.1. The Kier molecular flexibility index (Phi) is 2.24. The number of carboxylic acid groups (broad SMARTS) is 1. The number of carbonyl (C=O) groups is 1. The highest BCUT2D eigenvalue weighted by Gasteiger charge is 2.15. The minimum atomic E-state index is -0.935. The Balaban J connectivity index is 3.06. The molecule has 1 heterocycles. The summed E-state index contributed by atoms with van der Waals surface area (Å²) in [4.78, 5) is 15.1. The number of thiazole rings is 1. The van der Waals surface area contributed by atoms with E-state index in [0.717, 1.165) is 4.88 Å². The molecule has 0 aliphatic carbocycles. The van der Waals surface area contributed by atoms with E-state index < -0.39 is 5.97 Å². The van der Waals surface area contributed by atoms with Crippen LogP contribution in [-0.4, -0.2) is 16.1 Å². The molecule has 60 valence electrons. The van der Waals surface area contributed by atoms with Crippen LogP contribution in [0, 0.1) is 0 Å². The average molecular weight is 171 g/mol. The molecule has 0 saturated heterocycles. The van der Waals surface area contributed by atoms with Gasteiger partial charge in [-0.2, -0.15) is 0 Å². The van der Waals surface area contributed by atoms with Gasteiger partial charge in [0, 0.05) is 4.88 Å². The van der Waals surface area contributed by atoms with Gasteiger partial charge in [0.1, 0.15) is 0 Å². The summed E-state index contributed by atoms with van der Waals surface area (Å²) in [5, 5.41) is 8.65. The van der Waals surface area contributed by atoms with Gasteiger partial charge in [0.05, 0.1) is 5.51 Å². The van der Waals surface area contributed by atoms with Crippen LogP contribution >= 0.6 is 11.3 Å². The van der Waals surface area contributed by atoms with Gasteiger partial charge >= 0.3 is 5.97 Å². The van der Waals surface area contributed by atoms with Crippen molar-refractivity contribution in [2.24, 2.45) is 0 Å². The first-order chi connectivity index (χ1) is 5.13. The number of carboxylic acids is 1. The highest BCUT2D eigenvalue weighted by Crippen LogP contribution is 2.22. The number of rotatable bonds is 2. The molecule has 0 amide bonds. The Morgan fingerprint density at radius 2 is 2.36 bits per heavy atom. The summed E-state index contributed by atoms with van der Waals surface area (Å²) < 4.78 is 0. The van der Waals surface area contributed by atoms with Crippen LogP contribution in [0.4, 0.5) is 0 Å². The second kappa shape index (κ2) is 3.00. The van der Waals surface area contributed by atoms with Crippen molar-refractivity contribution in [3.63, 3.8) is 0 Å². The van der Waals surface area contributed by atoms with E-state index in [0.29, 0.717) is 0 Å². The Bertz CT molecular complexity index is 267. The van der Waals surface area contributed by atoms with E-state index in [4.69, 9.17) is 5.11 Å². The maximum Gasteiger partial charge on any atom is 0.355 e. The fraction of sp³-hybridized carbons (Fsp3) is 0.429. The molecule has 0 spiro atoms. The van der Waals surface area contributed by atoms with Gasteiger partial charge < -0.3 is 5.11 Å². The molecule has 0 aromatic carbocycles. The first-order valence-corrected chi connectivity index (χ1v) is 4.17. The average Bonchev–Trinajstić information content (AvgIpc) is 2.32. The zero-order chi connectivity index (χ0) is 8.43. The lowest BCUT2D eigenvalue weighted by Gasteiger charge is -1.99. The predicted octanol–water partition coefficient (Wildman–Crippen LogP) is 1.96. The normalized spacial score (nSPS) is 10.5. The molecule has 0 saturated carbocycles. The van der Waals surface area contributed by atoms with Crippen molar-refractivity contribution < 1.29 is 9.90 Å². The molecule has 0 aliphatic rings. The monoisotopic (exact) mass is 171 g/mol. The fourth-order valence-corrected chi connectivity index (χ4v) is 1.62. The fourth-order valence-electron chi connectivity index (χ4n) is 0.825. The molecular weight excluding hydrogens is 162 g/mol. The Hall–Kier alpha value is -0.900. The third-order valence-electron chi connectivity index (χ3n) is 1.32. The molecule has 0 fully saturated rings. The van der Waals surface area contributed by atoms with E-state index in [9.17, 15) is 4.79 Å². The van der Waals surface area contributed by atoms with Crippen LogP contribution in [0.2, 0.25) is 0 Å². The molecule has 0 unspecified atom stereocenters. The Labute approximate surface area is 68.7 Å². The van der Waals surface area contributed by atoms with Gasteiger partial charge in [-0.15, -0.1) is 11.3 Å². The van der Waals surface area contributed by atoms with Crippen LogP contribution in [0.25, 0.3) is 0 Å². The summed E-state index contributed by atoms with van der Waals surface area (Å²) in [5.41, 5.74) is 1.77. The summed E-state index contributed by atoms with van der Waals surface area (Å²) >= 11 is 1.39. The number of aromatic carboxylic acids is 1. The van der Waals surface area contributed by atoms with Crippen LogP contribution in [0.5, 0.6) is 0 Å². The van der Waals surface area contributed by atoms with Crippen LogP contribution in [-0.2, 0) is 0 Å². The van der Waals surface area contributed by atoms with Crippen molar-refractivity contribution in [1.29, 1.82) is 0 Å². The molecule has 0 bridgehead atoms. The summed E-state index contributed by atoms with van der Waals surface area (Å²) in [6.45, 7) is 3.92. The number of hydrogen-bond acceptors (Lipinski definition) is 3. The summed E-state index contributed by atoms with van der Waals surface area (Å²) in [5.74, 6) is -0.691. The molecule has 3 nitrogen and oxygen atoms in total. The van der Waals surface area contributed by atoms with E-state index in [1.165, 1.54) is 11.3 Å². The van der Waals surface area contributed by atoms with Crippen molar-refractivity contribution in [2.45, 2.75) is 19.8 Å². The largest absolute Gasteiger partial charge is 0.476 e. The number of nitrogens with zero attached hydrogens (tertiary/aromatic N) is 1. The molecule has 11 heavy (non-hydrogen) atoms.